The molecule has 0 aromatic heterocycles. The summed E-state index contributed by atoms with van der Waals surface area (Å²) in [5, 5.41) is 9.53. The number of aliphatic carboxylic acids is 1. The highest BCUT2D eigenvalue weighted by atomic mass is 35.5. The van der Waals surface area contributed by atoms with Gasteiger partial charge in [0.2, 0.25) is 11.8 Å². The van der Waals surface area contributed by atoms with Crippen LogP contribution in [0, 0.1) is 0 Å². The standard InChI is InChI=1S/C25H26ClF3N2O4/c1-24(12-14-31(24)21(32)15-17-4-8-19(9-5-17)25(27,28)29)23(35)30(13-2-3-22(33)34)16-18-6-10-20(26)11-7-18/h4-11H,2-3,12-16H2,1H3,(H,33,34). The smallest absolute Gasteiger partial charge is 0.416 e. The molecule has 0 spiro atoms. The van der Waals surface area contributed by atoms with Crippen molar-refractivity contribution in [3.63, 3.8) is 0 Å². The number of alkyl halides is 3. The summed E-state index contributed by atoms with van der Waals surface area (Å²) < 4.78 is 38.4. The zero-order valence-corrected chi connectivity index (χ0v) is 19.9. The Morgan fingerprint density at radius 3 is 2.17 bits per heavy atom. The number of rotatable bonds is 9. The molecular formula is C25H26ClF3N2O4. The number of carbonyl (C=O) groups excluding carboxylic acids is 2. The van der Waals surface area contributed by atoms with Crippen LogP contribution in [0.15, 0.2) is 48.5 Å². The fraction of sp³-hybridized carbons (Fsp3) is 0.400. The molecule has 1 saturated heterocycles. The average Bonchev–Trinajstić information content (AvgIpc) is 2.77. The summed E-state index contributed by atoms with van der Waals surface area (Å²) in [7, 11) is 0. The minimum atomic E-state index is -4.46. The third kappa shape index (κ3) is 6.54. The Hall–Kier alpha value is -3.07. The van der Waals surface area contributed by atoms with E-state index >= 15 is 0 Å². The molecule has 1 atom stereocenters. The Balaban J connectivity index is 1.72. The summed E-state index contributed by atoms with van der Waals surface area (Å²) in [6, 6.07) is 11.3. The summed E-state index contributed by atoms with van der Waals surface area (Å²) in [5.41, 5.74) is -0.678. The number of carboxylic acid groups (broad SMARTS) is 1. The van der Waals surface area contributed by atoms with Crippen LogP contribution in [0.4, 0.5) is 13.2 Å². The van der Waals surface area contributed by atoms with E-state index in [0.717, 1.165) is 17.7 Å². The molecule has 1 aliphatic rings. The van der Waals surface area contributed by atoms with Gasteiger partial charge in [-0.05, 0) is 55.2 Å². The first-order valence-corrected chi connectivity index (χ1v) is 11.5. The van der Waals surface area contributed by atoms with E-state index in [2.05, 4.69) is 0 Å². The van der Waals surface area contributed by atoms with Crippen molar-refractivity contribution in [3.05, 3.63) is 70.2 Å². The summed E-state index contributed by atoms with van der Waals surface area (Å²) >= 11 is 5.94. The van der Waals surface area contributed by atoms with Crippen LogP contribution in [-0.2, 0) is 33.5 Å². The first-order valence-electron chi connectivity index (χ1n) is 11.1. The molecular weight excluding hydrogens is 485 g/mol. The van der Waals surface area contributed by atoms with Crippen LogP contribution < -0.4 is 0 Å². The lowest BCUT2D eigenvalue weighted by Crippen LogP contribution is -2.68. The molecule has 1 N–H and O–H groups in total. The number of carboxylic acids is 1. The molecule has 35 heavy (non-hydrogen) atoms. The maximum atomic E-state index is 13.6. The molecule has 1 aliphatic heterocycles. The molecule has 0 aliphatic carbocycles. The van der Waals surface area contributed by atoms with Gasteiger partial charge < -0.3 is 14.9 Å². The molecule has 2 aromatic rings. The van der Waals surface area contributed by atoms with Gasteiger partial charge in [-0.15, -0.1) is 0 Å². The molecule has 0 radical (unpaired) electrons. The lowest BCUT2D eigenvalue weighted by molar-refractivity contribution is -0.164. The van der Waals surface area contributed by atoms with Crippen molar-refractivity contribution in [1.82, 2.24) is 9.80 Å². The first-order chi connectivity index (χ1) is 16.4. The van der Waals surface area contributed by atoms with E-state index in [4.69, 9.17) is 16.7 Å². The molecule has 3 rings (SSSR count). The Morgan fingerprint density at radius 2 is 1.66 bits per heavy atom. The van der Waals surface area contributed by atoms with Crippen LogP contribution in [-0.4, -0.2) is 51.3 Å². The third-order valence-corrected chi connectivity index (χ3v) is 6.46. The fourth-order valence-corrected chi connectivity index (χ4v) is 4.21. The van der Waals surface area contributed by atoms with E-state index in [1.54, 1.807) is 36.1 Å². The molecule has 188 valence electrons. The maximum absolute atomic E-state index is 13.6. The first kappa shape index (κ1) is 26.5. The predicted octanol–water partition coefficient (Wildman–Crippen LogP) is 4.79. The summed E-state index contributed by atoms with van der Waals surface area (Å²) in [5.74, 6) is -1.62. The molecule has 1 fully saturated rings. The van der Waals surface area contributed by atoms with E-state index in [-0.39, 0.29) is 44.2 Å². The highest BCUT2D eigenvalue weighted by Crippen LogP contribution is 2.34. The number of hydrogen-bond donors (Lipinski definition) is 1. The molecule has 6 nitrogen and oxygen atoms in total. The van der Waals surface area contributed by atoms with Gasteiger partial charge in [0.1, 0.15) is 5.54 Å². The molecule has 0 saturated carbocycles. The van der Waals surface area contributed by atoms with Gasteiger partial charge in [0, 0.05) is 31.1 Å². The van der Waals surface area contributed by atoms with Gasteiger partial charge >= 0.3 is 12.1 Å². The van der Waals surface area contributed by atoms with Crippen molar-refractivity contribution >= 4 is 29.4 Å². The van der Waals surface area contributed by atoms with Crippen LogP contribution in [0.2, 0.25) is 5.02 Å². The van der Waals surface area contributed by atoms with Crippen LogP contribution >= 0.6 is 11.6 Å². The van der Waals surface area contributed by atoms with Crippen LogP contribution in [0.25, 0.3) is 0 Å². The average molecular weight is 511 g/mol. The van der Waals surface area contributed by atoms with Gasteiger partial charge in [-0.3, -0.25) is 14.4 Å². The predicted molar refractivity (Wildman–Crippen MR) is 124 cm³/mol. The van der Waals surface area contributed by atoms with Gasteiger partial charge in [-0.25, -0.2) is 0 Å². The van der Waals surface area contributed by atoms with Crippen molar-refractivity contribution in [1.29, 1.82) is 0 Å². The Kier molecular flexibility index (Phi) is 8.10. The summed E-state index contributed by atoms with van der Waals surface area (Å²) in [6.45, 7) is 2.44. The molecule has 2 amide bonds. The molecule has 10 heteroatoms. The van der Waals surface area contributed by atoms with Gasteiger partial charge in [0.15, 0.2) is 0 Å². The Labute approximate surface area is 206 Å². The van der Waals surface area contributed by atoms with E-state index < -0.39 is 23.2 Å². The van der Waals surface area contributed by atoms with Crippen LogP contribution in [0.3, 0.4) is 0 Å². The quantitative estimate of drug-likeness (QED) is 0.526. The zero-order chi connectivity index (χ0) is 25.8. The second-order valence-corrected chi connectivity index (χ2v) is 9.23. The largest absolute Gasteiger partial charge is 0.481 e. The maximum Gasteiger partial charge on any atom is 0.416 e. The number of amides is 2. The minimum absolute atomic E-state index is 0.0995. The summed E-state index contributed by atoms with van der Waals surface area (Å²) in [4.78, 5) is 40.5. The number of halogens is 4. The van der Waals surface area contributed by atoms with E-state index in [1.807, 2.05) is 0 Å². The van der Waals surface area contributed by atoms with Crippen molar-refractivity contribution in [2.75, 3.05) is 13.1 Å². The topological polar surface area (TPSA) is 77.9 Å². The highest BCUT2D eigenvalue weighted by molar-refractivity contribution is 6.30. The number of likely N-dealkylation sites (tertiary alicyclic amines) is 1. The van der Waals surface area contributed by atoms with Crippen LogP contribution in [0.5, 0.6) is 0 Å². The molecule has 1 heterocycles. The minimum Gasteiger partial charge on any atom is -0.481 e. The van der Waals surface area contributed by atoms with Crippen molar-refractivity contribution in [3.8, 4) is 0 Å². The van der Waals surface area contributed by atoms with E-state index in [9.17, 15) is 27.6 Å². The fourth-order valence-electron chi connectivity index (χ4n) is 4.09. The highest BCUT2D eigenvalue weighted by Gasteiger charge is 2.50. The van der Waals surface area contributed by atoms with E-state index in [0.29, 0.717) is 23.6 Å². The lowest BCUT2D eigenvalue weighted by atomic mass is 9.84. The third-order valence-electron chi connectivity index (χ3n) is 6.21. The van der Waals surface area contributed by atoms with Gasteiger partial charge in [0.25, 0.3) is 0 Å². The zero-order valence-electron chi connectivity index (χ0n) is 19.1. The van der Waals surface area contributed by atoms with Crippen molar-refractivity contribution < 1.29 is 32.7 Å². The van der Waals surface area contributed by atoms with Crippen molar-refractivity contribution in [2.45, 2.75) is 50.9 Å². The number of benzene rings is 2. The SMILES string of the molecule is CC1(C(=O)N(CCCC(=O)O)Cc2ccc(Cl)cc2)CCN1C(=O)Cc1ccc(C(F)(F)F)cc1. The van der Waals surface area contributed by atoms with Gasteiger partial charge in [-0.2, -0.15) is 13.2 Å². The second-order valence-electron chi connectivity index (χ2n) is 8.79. The number of nitrogens with zero attached hydrogens (tertiary/aromatic N) is 2. The van der Waals surface area contributed by atoms with Gasteiger partial charge in [0.05, 0.1) is 12.0 Å². The van der Waals surface area contributed by atoms with Gasteiger partial charge in [-0.1, -0.05) is 35.9 Å². The summed E-state index contributed by atoms with van der Waals surface area (Å²) in [6.07, 6.45) is -4.00. The lowest BCUT2D eigenvalue weighted by Gasteiger charge is -2.51. The van der Waals surface area contributed by atoms with E-state index in [1.165, 1.54) is 17.0 Å². The van der Waals surface area contributed by atoms with Crippen LogP contribution in [0.1, 0.15) is 42.9 Å². The Morgan fingerprint density at radius 1 is 1.06 bits per heavy atom. The second kappa shape index (κ2) is 10.7. The number of hydrogen-bond acceptors (Lipinski definition) is 3. The van der Waals surface area contributed by atoms with Crippen molar-refractivity contribution in [2.24, 2.45) is 0 Å². The normalized spacial score (nSPS) is 17.6. The molecule has 0 bridgehead atoms. The Bertz CT molecular complexity index is 1070. The number of carbonyl (C=O) groups is 3. The molecule has 2 aromatic carbocycles. The molecule has 1 unspecified atom stereocenters. The monoisotopic (exact) mass is 510 g/mol.